The second-order valence-electron chi connectivity index (χ2n) is 2.91. The number of hydrogen-bond acceptors (Lipinski definition) is 1. The predicted octanol–water partition coefficient (Wildman–Crippen LogP) is 1.02. The quantitative estimate of drug-likeness (QED) is 0.535. The topological polar surface area (TPSA) is 64.4 Å². The Hall–Kier alpha value is -1.51. The van der Waals surface area contributed by atoms with Crippen molar-refractivity contribution >= 4 is 5.96 Å². The van der Waals surface area contributed by atoms with Crippen molar-refractivity contribution in [2.24, 2.45) is 16.5 Å². The molecule has 0 saturated heterocycles. The van der Waals surface area contributed by atoms with E-state index in [4.69, 9.17) is 11.5 Å². The van der Waals surface area contributed by atoms with Gasteiger partial charge < -0.3 is 11.5 Å². The summed E-state index contributed by atoms with van der Waals surface area (Å²) in [6.45, 7) is 2.69. The summed E-state index contributed by atoms with van der Waals surface area (Å²) < 4.78 is 0. The molecule has 70 valence electrons. The minimum atomic E-state index is 0.141. The van der Waals surface area contributed by atoms with Crippen LogP contribution < -0.4 is 11.5 Å². The van der Waals surface area contributed by atoms with Crippen LogP contribution in [0.1, 0.15) is 18.1 Å². The van der Waals surface area contributed by atoms with Crippen LogP contribution in [0.4, 0.5) is 0 Å². The minimum absolute atomic E-state index is 0.141. The SMILES string of the molecule is CCc1cccc(CN=C(N)N)c1. The Labute approximate surface area is 78.5 Å². The fraction of sp³-hybridized carbons (Fsp3) is 0.300. The van der Waals surface area contributed by atoms with Gasteiger partial charge in [-0.1, -0.05) is 31.2 Å². The third kappa shape index (κ3) is 3.15. The first-order valence-corrected chi connectivity index (χ1v) is 4.35. The van der Waals surface area contributed by atoms with Gasteiger partial charge >= 0.3 is 0 Å². The molecule has 0 amide bonds. The summed E-state index contributed by atoms with van der Waals surface area (Å²) in [5, 5.41) is 0. The summed E-state index contributed by atoms with van der Waals surface area (Å²) in [5.74, 6) is 0.141. The lowest BCUT2D eigenvalue weighted by atomic mass is 10.1. The molecular weight excluding hydrogens is 162 g/mol. The van der Waals surface area contributed by atoms with E-state index in [1.54, 1.807) is 0 Å². The highest BCUT2D eigenvalue weighted by atomic mass is 15.0. The van der Waals surface area contributed by atoms with Crippen LogP contribution in [0.25, 0.3) is 0 Å². The second kappa shape index (κ2) is 4.50. The Balaban J connectivity index is 2.72. The van der Waals surface area contributed by atoms with Crippen LogP contribution in [0.2, 0.25) is 0 Å². The summed E-state index contributed by atoms with van der Waals surface area (Å²) in [7, 11) is 0. The molecule has 0 aliphatic rings. The zero-order valence-corrected chi connectivity index (χ0v) is 7.83. The monoisotopic (exact) mass is 177 g/mol. The summed E-state index contributed by atoms with van der Waals surface area (Å²) in [6.07, 6.45) is 1.04. The molecule has 0 aliphatic heterocycles. The number of hydrogen-bond donors (Lipinski definition) is 2. The Morgan fingerprint density at radius 2 is 2.00 bits per heavy atom. The lowest BCUT2D eigenvalue weighted by molar-refractivity contribution is 1.04. The van der Waals surface area contributed by atoms with Crippen LogP contribution in [0.3, 0.4) is 0 Å². The van der Waals surface area contributed by atoms with Crippen molar-refractivity contribution in [2.75, 3.05) is 0 Å². The van der Waals surface area contributed by atoms with Gasteiger partial charge in [-0.25, -0.2) is 4.99 Å². The van der Waals surface area contributed by atoms with Crippen LogP contribution in [0.5, 0.6) is 0 Å². The first-order chi connectivity index (χ1) is 6.22. The third-order valence-corrected chi connectivity index (χ3v) is 1.84. The van der Waals surface area contributed by atoms with E-state index in [9.17, 15) is 0 Å². The lowest BCUT2D eigenvalue weighted by Crippen LogP contribution is -2.22. The molecule has 0 aliphatic carbocycles. The van der Waals surface area contributed by atoms with E-state index in [0.29, 0.717) is 6.54 Å². The van der Waals surface area contributed by atoms with E-state index in [1.807, 2.05) is 12.1 Å². The number of nitrogens with two attached hydrogens (primary N) is 2. The van der Waals surface area contributed by atoms with Gasteiger partial charge in [0.25, 0.3) is 0 Å². The van der Waals surface area contributed by atoms with Crippen molar-refractivity contribution in [3.05, 3.63) is 35.4 Å². The molecule has 0 spiro atoms. The van der Waals surface area contributed by atoms with E-state index < -0.39 is 0 Å². The van der Waals surface area contributed by atoms with Crippen molar-refractivity contribution in [3.8, 4) is 0 Å². The summed E-state index contributed by atoms with van der Waals surface area (Å²) in [6, 6.07) is 8.26. The number of rotatable bonds is 3. The molecule has 1 rings (SSSR count). The molecular formula is C10H15N3. The Bertz CT molecular complexity index is 301. The van der Waals surface area contributed by atoms with Crippen LogP contribution in [0, 0.1) is 0 Å². The van der Waals surface area contributed by atoms with E-state index in [1.165, 1.54) is 5.56 Å². The van der Waals surface area contributed by atoms with Crippen molar-refractivity contribution in [3.63, 3.8) is 0 Å². The van der Waals surface area contributed by atoms with E-state index in [0.717, 1.165) is 12.0 Å². The van der Waals surface area contributed by atoms with Crippen LogP contribution in [-0.2, 0) is 13.0 Å². The third-order valence-electron chi connectivity index (χ3n) is 1.84. The molecule has 3 nitrogen and oxygen atoms in total. The Morgan fingerprint density at radius 3 is 2.62 bits per heavy atom. The van der Waals surface area contributed by atoms with Gasteiger partial charge in [0, 0.05) is 0 Å². The van der Waals surface area contributed by atoms with Gasteiger partial charge in [-0.15, -0.1) is 0 Å². The predicted molar refractivity (Wildman–Crippen MR) is 55.3 cm³/mol. The summed E-state index contributed by atoms with van der Waals surface area (Å²) in [5.41, 5.74) is 12.9. The van der Waals surface area contributed by atoms with Crippen molar-refractivity contribution < 1.29 is 0 Å². The first kappa shape index (κ1) is 9.58. The molecule has 1 aromatic rings. The fourth-order valence-corrected chi connectivity index (χ4v) is 1.13. The maximum Gasteiger partial charge on any atom is 0.186 e. The van der Waals surface area contributed by atoms with Gasteiger partial charge in [-0.2, -0.15) is 0 Å². The zero-order valence-electron chi connectivity index (χ0n) is 7.83. The normalized spacial score (nSPS) is 9.62. The molecule has 0 unspecified atom stereocenters. The molecule has 3 heteroatoms. The molecule has 0 radical (unpaired) electrons. The van der Waals surface area contributed by atoms with Crippen molar-refractivity contribution in [1.82, 2.24) is 0 Å². The second-order valence-corrected chi connectivity index (χ2v) is 2.91. The van der Waals surface area contributed by atoms with Crippen LogP contribution in [0.15, 0.2) is 29.3 Å². The maximum atomic E-state index is 5.24. The first-order valence-electron chi connectivity index (χ1n) is 4.35. The van der Waals surface area contributed by atoms with Gasteiger partial charge in [0.1, 0.15) is 0 Å². The molecule has 0 aromatic heterocycles. The number of aliphatic imine (C=N–C) groups is 1. The van der Waals surface area contributed by atoms with Gasteiger partial charge in [-0.3, -0.25) is 0 Å². The van der Waals surface area contributed by atoms with Crippen molar-refractivity contribution in [1.29, 1.82) is 0 Å². The van der Waals surface area contributed by atoms with Gasteiger partial charge in [0.2, 0.25) is 0 Å². The van der Waals surface area contributed by atoms with Gasteiger partial charge in [0.15, 0.2) is 5.96 Å². The highest BCUT2D eigenvalue weighted by Gasteiger charge is 1.92. The van der Waals surface area contributed by atoms with Crippen LogP contribution >= 0.6 is 0 Å². The zero-order chi connectivity index (χ0) is 9.68. The molecule has 0 atom stereocenters. The Kier molecular flexibility index (Phi) is 3.31. The molecule has 0 bridgehead atoms. The largest absolute Gasteiger partial charge is 0.370 e. The standard InChI is InChI=1S/C10H15N3/c1-2-8-4-3-5-9(6-8)7-13-10(11)12/h3-6H,2,7H2,1H3,(H4,11,12,13). The smallest absolute Gasteiger partial charge is 0.186 e. The number of guanidine groups is 1. The average molecular weight is 177 g/mol. The molecule has 0 heterocycles. The average Bonchev–Trinajstić information content (AvgIpc) is 2.15. The minimum Gasteiger partial charge on any atom is -0.370 e. The van der Waals surface area contributed by atoms with Crippen molar-refractivity contribution in [2.45, 2.75) is 19.9 Å². The number of nitrogens with zero attached hydrogens (tertiary/aromatic N) is 1. The molecule has 1 aromatic carbocycles. The lowest BCUT2D eigenvalue weighted by Gasteiger charge is -2.00. The molecule has 4 N–H and O–H groups in total. The molecule has 13 heavy (non-hydrogen) atoms. The number of benzene rings is 1. The summed E-state index contributed by atoms with van der Waals surface area (Å²) >= 11 is 0. The Morgan fingerprint density at radius 1 is 1.31 bits per heavy atom. The van der Waals surface area contributed by atoms with E-state index in [-0.39, 0.29) is 5.96 Å². The van der Waals surface area contributed by atoms with E-state index >= 15 is 0 Å². The van der Waals surface area contributed by atoms with Gasteiger partial charge in [-0.05, 0) is 17.5 Å². The highest BCUT2D eigenvalue weighted by Crippen LogP contribution is 2.06. The van der Waals surface area contributed by atoms with E-state index in [2.05, 4.69) is 24.0 Å². The maximum absolute atomic E-state index is 5.24. The summed E-state index contributed by atoms with van der Waals surface area (Å²) in [4.78, 5) is 3.94. The highest BCUT2D eigenvalue weighted by molar-refractivity contribution is 5.75. The molecule has 0 fully saturated rings. The fourth-order valence-electron chi connectivity index (χ4n) is 1.13. The molecule has 0 saturated carbocycles. The van der Waals surface area contributed by atoms with Crippen LogP contribution in [-0.4, -0.2) is 5.96 Å². The van der Waals surface area contributed by atoms with Gasteiger partial charge in [0.05, 0.1) is 6.54 Å². The number of aryl methyl sites for hydroxylation is 1.